The summed E-state index contributed by atoms with van der Waals surface area (Å²) in [7, 11) is 0. The maximum Gasteiger partial charge on any atom is 0.0439 e. The second-order valence-electron chi connectivity index (χ2n) is 4.99. The van der Waals surface area contributed by atoms with Crippen LogP contribution in [0.3, 0.4) is 0 Å². The molecule has 0 fully saturated rings. The number of rotatable bonds is 6. The maximum absolute atomic E-state index is 6.28. The van der Waals surface area contributed by atoms with Gasteiger partial charge in [0, 0.05) is 20.6 Å². The average Bonchev–Trinajstić information content (AvgIpc) is 2.45. The minimum Gasteiger partial charge on any atom is -0.314 e. The monoisotopic (exact) mass is 385 g/mol. The summed E-state index contributed by atoms with van der Waals surface area (Å²) in [5.41, 5.74) is 2.38. The second kappa shape index (κ2) is 8.19. The molecule has 1 N–H and O–H groups in total. The fraction of sp³-hybridized carbons (Fsp3) is 0.294. The summed E-state index contributed by atoms with van der Waals surface area (Å²) in [6, 6.07) is 14.3. The molecule has 0 saturated heterocycles. The van der Waals surface area contributed by atoms with Gasteiger partial charge < -0.3 is 5.32 Å². The van der Waals surface area contributed by atoms with Gasteiger partial charge in [0.1, 0.15) is 0 Å². The molecule has 2 aromatic rings. The Kier molecular flexibility index (Phi) is 6.56. The topological polar surface area (TPSA) is 12.0 Å². The summed E-state index contributed by atoms with van der Waals surface area (Å²) in [5, 5.41) is 5.03. The van der Waals surface area contributed by atoms with Gasteiger partial charge in [0.2, 0.25) is 0 Å². The van der Waals surface area contributed by atoms with Gasteiger partial charge in [0.15, 0.2) is 0 Å². The Labute approximate surface area is 144 Å². The van der Waals surface area contributed by atoms with Gasteiger partial charge in [-0.2, -0.15) is 0 Å². The van der Waals surface area contributed by atoms with E-state index in [9.17, 15) is 0 Å². The summed E-state index contributed by atoms with van der Waals surface area (Å²) in [5.74, 6) is 0. The molecule has 0 bridgehead atoms. The lowest BCUT2D eigenvalue weighted by Gasteiger charge is -2.19. The molecule has 0 aliphatic carbocycles. The molecule has 1 atom stereocenters. The van der Waals surface area contributed by atoms with E-state index in [1.165, 1.54) is 5.56 Å². The van der Waals surface area contributed by atoms with E-state index in [2.05, 4.69) is 46.4 Å². The second-order valence-corrected chi connectivity index (χ2v) is 6.69. The summed E-state index contributed by atoms with van der Waals surface area (Å²) in [6.07, 6.45) is 1.80. The van der Waals surface area contributed by atoms with Gasteiger partial charge in [-0.05, 0) is 54.8 Å². The lowest BCUT2D eigenvalue weighted by Crippen LogP contribution is -2.33. The molecule has 112 valence electrons. The molecule has 0 heterocycles. The van der Waals surface area contributed by atoms with E-state index in [-0.39, 0.29) is 0 Å². The number of hydrogen-bond donors (Lipinski definition) is 1. The lowest BCUT2D eigenvalue weighted by molar-refractivity contribution is 0.521. The van der Waals surface area contributed by atoms with E-state index in [0.717, 1.165) is 39.5 Å². The molecule has 21 heavy (non-hydrogen) atoms. The summed E-state index contributed by atoms with van der Waals surface area (Å²) in [6.45, 7) is 3.04. The molecule has 2 rings (SSSR count). The van der Waals surface area contributed by atoms with E-state index in [4.69, 9.17) is 23.2 Å². The van der Waals surface area contributed by atoms with Crippen molar-refractivity contribution < 1.29 is 0 Å². The first-order valence-corrected chi connectivity index (χ1v) is 8.55. The van der Waals surface area contributed by atoms with Crippen molar-refractivity contribution in [2.45, 2.75) is 25.8 Å². The van der Waals surface area contributed by atoms with Crippen LogP contribution in [0.25, 0.3) is 0 Å². The van der Waals surface area contributed by atoms with Gasteiger partial charge in [0.05, 0.1) is 0 Å². The van der Waals surface area contributed by atoms with Crippen LogP contribution < -0.4 is 5.32 Å². The zero-order valence-corrected chi connectivity index (χ0v) is 15.0. The minimum absolute atomic E-state index is 0.324. The van der Waals surface area contributed by atoms with Gasteiger partial charge >= 0.3 is 0 Å². The van der Waals surface area contributed by atoms with Gasteiger partial charge in [-0.1, -0.05) is 64.3 Å². The highest BCUT2D eigenvalue weighted by Gasteiger charge is 2.13. The average molecular weight is 387 g/mol. The Morgan fingerprint density at radius 1 is 1.05 bits per heavy atom. The fourth-order valence-corrected chi connectivity index (χ4v) is 3.24. The predicted molar refractivity (Wildman–Crippen MR) is 95.5 cm³/mol. The molecule has 0 spiro atoms. The number of benzene rings is 2. The summed E-state index contributed by atoms with van der Waals surface area (Å²) >= 11 is 16.0. The normalized spacial score (nSPS) is 12.4. The molecule has 0 aliphatic rings. The van der Waals surface area contributed by atoms with Gasteiger partial charge in [-0.3, -0.25) is 0 Å². The number of halogens is 3. The quantitative estimate of drug-likeness (QED) is 0.689. The Morgan fingerprint density at radius 2 is 1.76 bits per heavy atom. The standard InChI is InChI=1S/C17H18BrCl2N/c1-2-21-15(10-12-5-3-4-6-16(12)18)11-13-9-14(19)7-8-17(13)20/h3-9,15,21H,2,10-11H2,1H3. The SMILES string of the molecule is CCNC(Cc1cc(Cl)ccc1Cl)Cc1ccccc1Br. The number of nitrogens with one attached hydrogen (secondary N) is 1. The summed E-state index contributed by atoms with van der Waals surface area (Å²) < 4.78 is 1.14. The van der Waals surface area contributed by atoms with Crippen LogP contribution >= 0.6 is 39.1 Å². The van der Waals surface area contributed by atoms with Crippen LogP contribution in [0.4, 0.5) is 0 Å². The van der Waals surface area contributed by atoms with Gasteiger partial charge in [-0.15, -0.1) is 0 Å². The largest absolute Gasteiger partial charge is 0.314 e. The molecule has 2 aromatic carbocycles. The van der Waals surface area contributed by atoms with Crippen molar-refractivity contribution in [3.05, 3.63) is 68.1 Å². The molecule has 0 radical (unpaired) electrons. The molecule has 4 heteroatoms. The Bertz CT molecular complexity index is 601. The van der Waals surface area contributed by atoms with E-state index >= 15 is 0 Å². The van der Waals surface area contributed by atoms with Crippen molar-refractivity contribution in [2.75, 3.05) is 6.54 Å². The van der Waals surface area contributed by atoms with Crippen LogP contribution in [0.5, 0.6) is 0 Å². The van der Waals surface area contributed by atoms with Crippen LogP contribution in [0, 0.1) is 0 Å². The maximum atomic E-state index is 6.28. The first kappa shape index (κ1) is 16.8. The molecule has 0 saturated carbocycles. The molecule has 0 amide bonds. The van der Waals surface area contributed by atoms with E-state index in [0.29, 0.717) is 6.04 Å². The molecule has 0 aliphatic heterocycles. The zero-order valence-electron chi connectivity index (χ0n) is 11.9. The highest BCUT2D eigenvalue weighted by molar-refractivity contribution is 9.10. The van der Waals surface area contributed by atoms with Crippen molar-refractivity contribution in [1.82, 2.24) is 5.32 Å². The Hall–Kier alpha value is -0.540. The van der Waals surface area contributed by atoms with E-state index < -0.39 is 0 Å². The summed E-state index contributed by atoms with van der Waals surface area (Å²) in [4.78, 5) is 0. The van der Waals surface area contributed by atoms with Crippen molar-refractivity contribution in [3.63, 3.8) is 0 Å². The highest BCUT2D eigenvalue weighted by atomic mass is 79.9. The van der Waals surface area contributed by atoms with Crippen molar-refractivity contribution in [2.24, 2.45) is 0 Å². The Balaban J connectivity index is 2.16. The van der Waals surface area contributed by atoms with Crippen LogP contribution in [-0.4, -0.2) is 12.6 Å². The third-order valence-corrected chi connectivity index (χ3v) is 4.77. The molecule has 0 aromatic heterocycles. The first-order chi connectivity index (χ1) is 10.1. The zero-order chi connectivity index (χ0) is 15.2. The highest BCUT2D eigenvalue weighted by Crippen LogP contribution is 2.24. The van der Waals surface area contributed by atoms with Crippen molar-refractivity contribution in [3.8, 4) is 0 Å². The first-order valence-electron chi connectivity index (χ1n) is 7.01. The van der Waals surface area contributed by atoms with E-state index in [1.54, 1.807) is 0 Å². The third kappa shape index (κ3) is 5.00. The van der Waals surface area contributed by atoms with Crippen molar-refractivity contribution >= 4 is 39.1 Å². The predicted octanol–water partition coefficient (Wildman–Crippen LogP) is 5.52. The number of likely N-dealkylation sites (N-methyl/N-ethyl adjacent to an activating group) is 1. The molecular formula is C17H18BrCl2N. The third-order valence-electron chi connectivity index (χ3n) is 3.39. The van der Waals surface area contributed by atoms with Crippen molar-refractivity contribution in [1.29, 1.82) is 0 Å². The Morgan fingerprint density at radius 3 is 2.48 bits per heavy atom. The van der Waals surface area contributed by atoms with Gasteiger partial charge in [-0.25, -0.2) is 0 Å². The van der Waals surface area contributed by atoms with Crippen LogP contribution in [-0.2, 0) is 12.8 Å². The van der Waals surface area contributed by atoms with Gasteiger partial charge in [0.25, 0.3) is 0 Å². The smallest absolute Gasteiger partial charge is 0.0439 e. The molecule has 1 nitrogen and oxygen atoms in total. The fourth-order valence-electron chi connectivity index (χ4n) is 2.40. The minimum atomic E-state index is 0.324. The van der Waals surface area contributed by atoms with E-state index in [1.807, 2.05) is 24.3 Å². The van der Waals surface area contributed by atoms with Crippen LogP contribution in [0.15, 0.2) is 46.9 Å². The number of hydrogen-bond acceptors (Lipinski definition) is 1. The van der Waals surface area contributed by atoms with Crippen LogP contribution in [0.2, 0.25) is 10.0 Å². The molecule has 1 unspecified atom stereocenters. The van der Waals surface area contributed by atoms with Crippen LogP contribution in [0.1, 0.15) is 18.1 Å². The lowest BCUT2D eigenvalue weighted by atomic mass is 9.99. The molecular weight excluding hydrogens is 369 g/mol.